The van der Waals surface area contributed by atoms with Gasteiger partial charge in [-0.05, 0) is 37.6 Å². The van der Waals surface area contributed by atoms with Gasteiger partial charge in [0.05, 0.1) is 5.69 Å². The molecule has 2 heterocycles. The van der Waals surface area contributed by atoms with Crippen molar-refractivity contribution in [2.24, 2.45) is 0 Å². The molecule has 1 aliphatic rings. The highest BCUT2D eigenvalue weighted by atomic mass is 35.5. The van der Waals surface area contributed by atoms with Gasteiger partial charge in [-0.25, -0.2) is 4.98 Å². The van der Waals surface area contributed by atoms with Crippen molar-refractivity contribution in [1.82, 2.24) is 9.88 Å². The van der Waals surface area contributed by atoms with Crippen molar-refractivity contribution in [2.75, 3.05) is 26.2 Å². The fraction of sp³-hybridized carbons (Fsp3) is 0.706. The van der Waals surface area contributed by atoms with E-state index in [2.05, 4.69) is 36.7 Å². The van der Waals surface area contributed by atoms with Gasteiger partial charge in [0.2, 0.25) is 5.88 Å². The Morgan fingerprint density at radius 3 is 2.52 bits per heavy atom. The average molecular weight is 311 g/mol. The van der Waals surface area contributed by atoms with Gasteiger partial charge in [-0.1, -0.05) is 27.2 Å². The summed E-state index contributed by atoms with van der Waals surface area (Å²) in [5.41, 5.74) is 2.12. The third-order valence-electron chi connectivity index (χ3n) is 3.89. The van der Waals surface area contributed by atoms with Gasteiger partial charge in [0, 0.05) is 23.9 Å². The van der Waals surface area contributed by atoms with E-state index in [-0.39, 0.29) is 5.41 Å². The molecule has 0 aliphatic carbocycles. The maximum absolute atomic E-state index is 5.99. The maximum atomic E-state index is 5.99. The first-order valence-corrected chi connectivity index (χ1v) is 8.45. The summed E-state index contributed by atoms with van der Waals surface area (Å²) in [6, 6.07) is 4.03. The number of nitrogens with zero attached hydrogens (tertiary/aromatic N) is 2. The molecule has 1 aromatic rings. The zero-order valence-electron chi connectivity index (χ0n) is 13.5. The second-order valence-corrected chi connectivity index (χ2v) is 7.10. The van der Waals surface area contributed by atoms with Crippen molar-refractivity contribution in [3.8, 4) is 5.88 Å². The van der Waals surface area contributed by atoms with E-state index >= 15 is 0 Å². The normalized spacial score (nSPS) is 17.0. The van der Waals surface area contributed by atoms with Gasteiger partial charge in [-0.2, -0.15) is 0 Å². The van der Waals surface area contributed by atoms with Crippen molar-refractivity contribution >= 4 is 11.6 Å². The van der Waals surface area contributed by atoms with Crippen LogP contribution in [-0.4, -0.2) is 36.1 Å². The third kappa shape index (κ3) is 5.15. The van der Waals surface area contributed by atoms with Gasteiger partial charge in [0.1, 0.15) is 6.61 Å². The molecule has 3 nitrogen and oxygen atoms in total. The van der Waals surface area contributed by atoms with Crippen LogP contribution in [0.5, 0.6) is 5.88 Å². The van der Waals surface area contributed by atoms with Crippen LogP contribution in [0.4, 0.5) is 0 Å². The summed E-state index contributed by atoms with van der Waals surface area (Å²) in [5, 5.41) is 0. The molecule has 0 saturated carbocycles. The molecule has 0 atom stereocenters. The monoisotopic (exact) mass is 310 g/mol. The molecule has 2 rings (SSSR count). The van der Waals surface area contributed by atoms with Crippen LogP contribution in [-0.2, 0) is 11.3 Å². The van der Waals surface area contributed by atoms with Gasteiger partial charge in [0.25, 0.3) is 0 Å². The summed E-state index contributed by atoms with van der Waals surface area (Å²) >= 11 is 5.99. The number of hydrogen-bond donors (Lipinski definition) is 0. The smallest absolute Gasteiger partial charge is 0.213 e. The molecule has 0 unspecified atom stereocenters. The predicted molar refractivity (Wildman–Crippen MR) is 88.3 cm³/mol. The van der Waals surface area contributed by atoms with E-state index in [4.69, 9.17) is 16.3 Å². The molecule has 1 aliphatic heterocycles. The Bertz CT molecular complexity index is 451. The molecule has 0 amide bonds. The van der Waals surface area contributed by atoms with Crippen LogP contribution >= 0.6 is 11.6 Å². The van der Waals surface area contributed by atoms with Crippen LogP contribution in [0.25, 0.3) is 0 Å². The summed E-state index contributed by atoms with van der Waals surface area (Å²) in [6.07, 6.45) is 3.99. The molecule has 118 valence electrons. The first kappa shape index (κ1) is 16.6. The van der Waals surface area contributed by atoms with E-state index in [1.165, 1.54) is 32.4 Å². The van der Waals surface area contributed by atoms with Gasteiger partial charge in [0.15, 0.2) is 0 Å². The largest absolute Gasteiger partial charge is 0.476 e. The number of hydrogen-bond acceptors (Lipinski definition) is 3. The van der Waals surface area contributed by atoms with Crippen molar-refractivity contribution < 1.29 is 4.74 Å². The van der Waals surface area contributed by atoms with Gasteiger partial charge in [-0.15, -0.1) is 11.6 Å². The van der Waals surface area contributed by atoms with Crippen molar-refractivity contribution in [3.05, 3.63) is 23.4 Å². The lowest BCUT2D eigenvalue weighted by molar-refractivity contribution is 0.180. The summed E-state index contributed by atoms with van der Waals surface area (Å²) < 4.78 is 5.88. The number of halogens is 1. The number of piperidine rings is 1. The molecular formula is C17H27ClN2O. The maximum Gasteiger partial charge on any atom is 0.213 e. The minimum absolute atomic E-state index is 0.00699. The minimum Gasteiger partial charge on any atom is -0.476 e. The van der Waals surface area contributed by atoms with Crippen molar-refractivity contribution in [3.63, 3.8) is 0 Å². The summed E-state index contributed by atoms with van der Waals surface area (Å²) in [7, 11) is 0. The van der Waals surface area contributed by atoms with E-state index in [1.807, 2.05) is 6.07 Å². The zero-order valence-corrected chi connectivity index (χ0v) is 14.2. The second-order valence-electron chi connectivity index (χ2n) is 6.83. The lowest BCUT2D eigenvalue weighted by Crippen LogP contribution is -2.33. The topological polar surface area (TPSA) is 25.4 Å². The Balaban J connectivity index is 1.95. The highest BCUT2D eigenvalue weighted by Gasteiger charge is 2.17. The molecule has 0 N–H and O–H groups in total. The summed E-state index contributed by atoms with van der Waals surface area (Å²) in [5.74, 6) is 1.20. The lowest BCUT2D eigenvalue weighted by atomic mass is 9.91. The van der Waals surface area contributed by atoms with E-state index < -0.39 is 0 Å². The van der Waals surface area contributed by atoms with Crippen LogP contribution in [0.15, 0.2) is 12.1 Å². The fourth-order valence-electron chi connectivity index (χ4n) is 2.56. The number of rotatable bonds is 5. The van der Waals surface area contributed by atoms with Gasteiger partial charge >= 0.3 is 0 Å². The van der Waals surface area contributed by atoms with Crippen molar-refractivity contribution in [1.29, 1.82) is 0 Å². The molecule has 0 radical (unpaired) electrons. The first-order valence-electron chi connectivity index (χ1n) is 7.91. The Morgan fingerprint density at radius 2 is 1.90 bits per heavy atom. The molecule has 4 heteroatoms. The number of alkyl halides is 1. The Hall–Kier alpha value is -0.800. The third-order valence-corrected chi connectivity index (χ3v) is 4.20. The van der Waals surface area contributed by atoms with E-state index in [9.17, 15) is 0 Å². The fourth-order valence-corrected chi connectivity index (χ4v) is 2.71. The first-order chi connectivity index (χ1) is 9.99. The minimum atomic E-state index is 0.00699. The Morgan fingerprint density at radius 1 is 1.19 bits per heavy atom. The molecule has 0 spiro atoms. The second kappa shape index (κ2) is 7.46. The van der Waals surface area contributed by atoms with Crippen LogP contribution < -0.4 is 4.74 Å². The van der Waals surface area contributed by atoms with Gasteiger partial charge in [-0.3, -0.25) is 4.90 Å². The van der Waals surface area contributed by atoms with E-state index in [0.29, 0.717) is 18.4 Å². The molecule has 1 saturated heterocycles. The Labute approximate surface area is 133 Å². The summed E-state index contributed by atoms with van der Waals surface area (Å²) in [6.45, 7) is 10.6. The standard InChI is InChI=1S/C17H27ClN2O/c1-17(2,3)15-11-14(13-18)12-16(19-15)21-10-9-20-7-5-4-6-8-20/h11-12H,4-10,13H2,1-3H3. The average Bonchev–Trinajstić information content (AvgIpc) is 2.47. The number of likely N-dealkylation sites (tertiary alicyclic amines) is 1. The quantitative estimate of drug-likeness (QED) is 0.769. The molecule has 1 aromatic heterocycles. The van der Waals surface area contributed by atoms with Gasteiger partial charge < -0.3 is 4.74 Å². The zero-order chi connectivity index (χ0) is 15.3. The number of aromatic nitrogens is 1. The number of ether oxygens (including phenoxy) is 1. The van der Waals surface area contributed by atoms with E-state index in [0.717, 1.165) is 17.8 Å². The summed E-state index contributed by atoms with van der Waals surface area (Å²) in [4.78, 5) is 7.11. The molecule has 21 heavy (non-hydrogen) atoms. The molecular weight excluding hydrogens is 284 g/mol. The highest BCUT2D eigenvalue weighted by molar-refractivity contribution is 6.17. The van der Waals surface area contributed by atoms with Crippen molar-refractivity contribution in [2.45, 2.75) is 51.3 Å². The van der Waals surface area contributed by atoms with Crippen LogP contribution in [0.1, 0.15) is 51.3 Å². The van der Waals surface area contributed by atoms with Crippen LogP contribution in [0.2, 0.25) is 0 Å². The predicted octanol–water partition coefficient (Wildman–Crippen LogP) is 3.98. The molecule has 0 aromatic carbocycles. The van der Waals surface area contributed by atoms with Crippen LogP contribution in [0, 0.1) is 0 Å². The Kier molecular flexibility index (Phi) is 5.88. The molecule has 0 bridgehead atoms. The molecule has 1 fully saturated rings. The van der Waals surface area contributed by atoms with E-state index in [1.54, 1.807) is 0 Å². The number of pyridine rings is 1. The lowest BCUT2D eigenvalue weighted by Gasteiger charge is -2.26. The SMILES string of the molecule is CC(C)(C)c1cc(CCl)cc(OCCN2CCCCC2)n1. The highest BCUT2D eigenvalue weighted by Crippen LogP contribution is 2.25. The van der Waals surface area contributed by atoms with Crippen LogP contribution in [0.3, 0.4) is 0 Å².